The number of aliphatic carboxylic acids is 1. The number of aryl methyl sites for hydroxylation is 2. The SMILES string of the molecule is [C-]#[N+]C(=Cc1sc(-c2cc(CCCCCC)c(-c3cc(CCCCCC)c(-c4ccc(C=C(c5ccccc5)c5ccccc5)cc4)s3)s2)c2c1OCCO2)C(=O)O. The van der Waals surface area contributed by atoms with Crippen molar-refractivity contribution in [2.75, 3.05) is 13.2 Å². The third-order valence-corrected chi connectivity index (χ3v) is 14.2. The Bertz CT molecular complexity index is 2370. The van der Waals surface area contributed by atoms with Crippen LogP contribution in [0.3, 0.4) is 0 Å². The minimum atomic E-state index is -1.25. The highest BCUT2D eigenvalue weighted by Gasteiger charge is 2.28. The van der Waals surface area contributed by atoms with Crippen LogP contribution >= 0.6 is 34.0 Å². The first-order valence-corrected chi connectivity index (χ1v) is 22.9. The Balaban J connectivity index is 1.28. The van der Waals surface area contributed by atoms with E-state index < -0.39 is 5.97 Å². The van der Waals surface area contributed by atoms with Gasteiger partial charge in [-0.3, -0.25) is 4.79 Å². The largest absolute Gasteiger partial charge is 0.486 e. The summed E-state index contributed by atoms with van der Waals surface area (Å²) in [7, 11) is 0. The highest BCUT2D eigenvalue weighted by Crippen LogP contribution is 2.54. The van der Waals surface area contributed by atoms with Crippen molar-refractivity contribution in [3.8, 4) is 41.4 Å². The first-order chi connectivity index (χ1) is 28.5. The van der Waals surface area contributed by atoms with Gasteiger partial charge in [-0.2, -0.15) is 0 Å². The second-order valence-electron chi connectivity index (χ2n) is 14.6. The number of carboxylic acids is 1. The van der Waals surface area contributed by atoms with Gasteiger partial charge >= 0.3 is 5.97 Å². The second-order valence-corrected chi connectivity index (χ2v) is 17.7. The van der Waals surface area contributed by atoms with Crippen molar-refractivity contribution in [1.29, 1.82) is 0 Å². The normalized spacial score (nSPS) is 12.3. The number of hydrogen-bond acceptors (Lipinski definition) is 6. The van der Waals surface area contributed by atoms with Crippen LogP contribution in [0.4, 0.5) is 0 Å². The summed E-state index contributed by atoms with van der Waals surface area (Å²) in [5, 5.41) is 9.62. The van der Waals surface area contributed by atoms with E-state index in [4.69, 9.17) is 16.0 Å². The Kier molecular flexibility index (Phi) is 14.1. The van der Waals surface area contributed by atoms with Gasteiger partial charge in [0.05, 0.1) is 16.3 Å². The zero-order valence-electron chi connectivity index (χ0n) is 33.2. The summed E-state index contributed by atoms with van der Waals surface area (Å²) in [5.74, 6) is -0.0842. The van der Waals surface area contributed by atoms with Gasteiger partial charge in [0.15, 0.2) is 11.5 Å². The topological polar surface area (TPSA) is 60.1 Å². The molecular weight excluding hydrogens is 775 g/mol. The number of rotatable bonds is 18. The van der Waals surface area contributed by atoms with Gasteiger partial charge < -0.3 is 14.6 Å². The minimum absolute atomic E-state index is 0.345. The van der Waals surface area contributed by atoms with Gasteiger partial charge in [-0.15, -0.1) is 34.0 Å². The quantitative estimate of drug-likeness (QED) is 0.0406. The minimum Gasteiger partial charge on any atom is -0.486 e. The number of nitrogens with zero attached hydrogens (tertiary/aromatic N) is 1. The van der Waals surface area contributed by atoms with Crippen LogP contribution in [0.1, 0.15) is 97.9 Å². The standard InChI is InChI=1S/C50H49NO4S3/c1-4-6-8-12-22-38-31-43(57-47(38)37-26-24-34(25-27-37)30-40(35-18-14-10-15-19-35)36-20-16-11-17-21-36)48-39(23-13-9-7-5-2)32-44(58-48)49-46-45(54-28-29-55-46)42(56-49)33-41(51-3)50(52)53/h10-11,14-21,24-27,30-33H,4-9,12-13,22-23,28-29H2,1-2H3,(H,52,53). The average Bonchev–Trinajstić information content (AvgIpc) is 3.98. The molecule has 8 heteroatoms. The van der Waals surface area contributed by atoms with Crippen LogP contribution < -0.4 is 9.47 Å². The maximum Gasteiger partial charge on any atom is 0.333 e. The van der Waals surface area contributed by atoms with E-state index in [9.17, 15) is 9.90 Å². The number of ether oxygens (including phenoxy) is 2. The van der Waals surface area contributed by atoms with Crippen LogP contribution in [0.25, 0.3) is 52.5 Å². The number of benzene rings is 3. The molecule has 296 valence electrons. The summed E-state index contributed by atoms with van der Waals surface area (Å²) < 4.78 is 12.2. The Hall–Kier alpha value is -5.20. The number of hydrogen-bond donors (Lipinski definition) is 1. The van der Waals surface area contributed by atoms with Gasteiger partial charge in [-0.25, -0.2) is 4.85 Å². The average molecular weight is 824 g/mol. The third kappa shape index (κ3) is 9.73. The molecule has 4 heterocycles. The Morgan fingerprint density at radius 3 is 1.79 bits per heavy atom. The lowest BCUT2D eigenvalue weighted by atomic mass is 9.95. The van der Waals surface area contributed by atoms with E-state index in [1.54, 1.807) is 11.3 Å². The summed E-state index contributed by atoms with van der Waals surface area (Å²) in [6.45, 7) is 12.7. The molecule has 7 rings (SSSR count). The third-order valence-electron chi connectivity index (χ3n) is 10.4. The Morgan fingerprint density at radius 1 is 0.672 bits per heavy atom. The highest BCUT2D eigenvalue weighted by molar-refractivity contribution is 7.27. The van der Waals surface area contributed by atoms with Gasteiger partial charge in [-0.05, 0) is 88.9 Å². The summed E-state index contributed by atoms with van der Waals surface area (Å²) in [4.78, 5) is 21.5. The monoisotopic (exact) mass is 823 g/mol. The molecule has 0 fully saturated rings. The molecule has 3 aromatic heterocycles. The van der Waals surface area contributed by atoms with Gasteiger partial charge in [0, 0.05) is 19.5 Å². The predicted molar refractivity (Wildman–Crippen MR) is 245 cm³/mol. The van der Waals surface area contributed by atoms with E-state index in [0.29, 0.717) is 29.6 Å². The molecule has 0 bridgehead atoms. The molecule has 1 aliphatic heterocycles. The van der Waals surface area contributed by atoms with Crippen LogP contribution in [0.15, 0.2) is 103 Å². The molecule has 0 unspecified atom stereocenters. The van der Waals surface area contributed by atoms with Crippen molar-refractivity contribution < 1.29 is 19.4 Å². The maximum atomic E-state index is 11.8. The summed E-state index contributed by atoms with van der Waals surface area (Å²) in [6, 6.07) is 35.0. The van der Waals surface area contributed by atoms with Crippen LogP contribution in [-0.4, -0.2) is 24.3 Å². The number of thiophene rings is 3. The maximum absolute atomic E-state index is 11.8. The first-order valence-electron chi connectivity index (χ1n) is 20.4. The summed E-state index contributed by atoms with van der Waals surface area (Å²) in [6.07, 6.45) is 15.3. The van der Waals surface area contributed by atoms with E-state index >= 15 is 0 Å². The van der Waals surface area contributed by atoms with Crippen LogP contribution in [0.5, 0.6) is 11.5 Å². The van der Waals surface area contributed by atoms with Crippen LogP contribution in [-0.2, 0) is 17.6 Å². The molecule has 0 atom stereocenters. The van der Waals surface area contributed by atoms with Gasteiger partial charge in [-0.1, -0.05) is 137 Å². The summed E-state index contributed by atoms with van der Waals surface area (Å²) >= 11 is 5.11. The van der Waals surface area contributed by atoms with Crippen molar-refractivity contribution in [3.05, 3.63) is 147 Å². The second kappa shape index (κ2) is 20.0. The van der Waals surface area contributed by atoms with Gasteiger partial charge in [0.1, 0.15) is 13.2 Å². The van der Waals surface area contributed by atoms with Crippen molar-refractivity contribution in [3.63, 3.8) is 0 Å². The molecular formula is C50H49NO4S3. The van der Waals surface area contributed by atoms with Crippen molar-refractivity contribution >= 4 is 57.7 Å². The molecule has 0 saturated heterocycles. The Labute approximate surface area is 354 Å². The highest BCUT2D eigenvalue weighted by atomic mass is 32.1. The molecule has 1 aliphatic rings. The molecule has 0 aliphatic carbocycles. The van der Waals surface area contributed by atoms with Crippen LogP contribution in [0, 0.1) is 6.57 Å². The number of fused-ring (bicyclic) bond motifs is 1. The fourth-order valence-electron chi connectivity index (χ4n) is 7.35. The number of unbranched alkanes of at least 4 members (excludes halogenated alkanes) is 6. The van der Waals surface area contributed by atoms with E-state index in [2.05, 4.69) is 122 Å². The van der Waals surface area contributed by atoms with E-state index in [0.717, 1.165) is 41.0 Å². The predicted octanol–water partition coefficient (Wildman–Crippen LogP) is 14.8. The summed E-state index contributed by atoms with van der Waals surface area (Å²) in [5.41, 5.74) is 8.38. The lowest BCUT2D eigenvalue weighted by Gasteiger charge is -2.16. The first kappa shape index (κ1) is 41.0. The molecule has 0 amide bonds. The lowest BCUT2D eigenvalue weighted by molar-refractivity contribution is -0.132. The molecule has 0 spiro atoms. The zero-order valence-corrected chi connectivity index (χ0v) is 35.7. The van der Waals surface area contributed by atoms with Gasteiger partial charge in [0.25, 0.3) is 5.70 Å². The molecule has 1 N–H and O–H groups in total. The molecule has 5 nitrogen and oxygen atoms in total. The molecule has 6 aromatic rings. The van der Waals surface area contributed by atoms with Crippen molar-refractivity contribution in [2.24, 2.45) is 0 Å². The molecule has 3 aromatic carbocycles. The molecule has 0 saturated carbocycles. The smallest absolute Gasteiger partial charge is 0.333 e. The van der Waals surface area contributed by atoms with E-state index in [-0.39, 0.29) is 5.70 Å². The zero-order chi connectivity index (χ0) is 40.3. The van der Waals surface area contributed by atoms with Crippen molar-refractivity contribution in [2.45, 2.75) is 78.1 Å². The fraction of sp³-hybridized carbons (Fsp3) is 0.280. The number of carboxylic acid groups (broad SMARTS) is 1. The molecule has 0 radical (unpaired) electrons. The molecule has 58 heavy (non-hydrogen) atoms. The fourth-order valence-corrected chi connectivity index (χ4v) is 11.1. The Morgan fingerprint density at radius 2 is 1.22 bits per heavy atom. The lowest BCUT2D eigenvalue weighted by Crippen LogP contribution is -2.14. The van der Waals surface area contributed by atoms with Crippen LogP contribution in [0.2, 0.25) is 0 Å². The van der Waals surface area contributed by atoms with Gasteiger partial charge in [0.2, 0.25) is 0 Å². The van der Waals surface area contributed by atoms with Crippen molar-refractivity contribution in [1.82, 2.24) is 0 Å². The van der Waals surface area contributed by atoms with E-state index in [1.807, 2.05) is 11.3 Å². The van der Waals surface area contributed by atoms with E-state index in [1.165, 1.54) is 104 Å². The number of carbonyl (C=O) groups is 1.